The number of aromatic nitrogens is 2. The molecule has 11 heteroatoms. The van der Waals surface area contributed by atoms with Crippen molar-refractivity contribution in [2.45, 2.75) is 46.8 Å². The predicted molar refractivity (Wildman–Crippen MR) is 149 cm³/mol. The Hall–Kier alpha value is -4.38. The Bertz CT molecular complexity index is 1690. The highest BCUT2D eigenvalue weighted by Gasteiger charge is 2.18. The van der Waals surface area contributed by atoms with Gasteiger partial charge in [-0.1, -0.05) is 23.8 Å². The smallest absolute Gasteiger partial charge is 0.332 e. The molecule has 1 aliphatic heterocycles. The number of anilines is 1. The van der Waals surface area contributed by atoms with Crippen LogP contribution in [0.2, 0.25) is 0 Å². The summed E-state index contributed by atoms with van der Waals surface area (Å²) in [6.45, 7) is 5.85. The molecule has 39 heavy (non-hydrogen) atoms. The van der Waals surface area contributed by atoms with E-state index in [1.54, 1.807) is 23.6 Å². The van der Waals surface area contributed by atoms with E-state index in [9.17, 15) is 19.2 Å². The monoisotopic (exact) mass is 548 g/mol. The molecule has 202 valence electrons. The van der Waals surface area contributed by atoms with Crippen molar-refractivity contribution in [2.24, 2.45) is 0 Å². The summed E-state index contributed by atoms with van der Waals surface area (Å²) >= 11 is 1.19. The SMILES string of the molecule is Cc1cc(C)c(NC(=O)Cn2c(=O)n(CCC(=O)NCc3ccc4c(c3)OCO4)c(=O)c3sccc32)c(C)c1. The molecule has 3 heterocycles. The van der Waals surface area contributed by atoms with E-state index in [2.05, 4.69) is 10.6 Å². The van der Waals surface area contributed by atoms with Gasteiger partial charge in [-0.05, 0) is 61.0 Å². The Morgan fingerprint density at radius 1 is 0.949 bits per heavy atom. The molecule has 2 aromatic carbocycles. The Balaban J connectivity index is 1.30. The largest absolute Gasteiger partial charge is 0.454 e. The van der Waals surface area contributed by atoms with Crippen LogP contribution in [0.25, 0.3) is 10.2 Å². The van der Waals surface area contributed by atoms with Gasteiger partial charge in [0.1, 0.15) is 11.2 Å². The van der Waals surface area contributed by atoms with Crippen LogP contribution in [-0.4, -0.2) is 27.7 Å². The molecule has 0 radical (unpaired) electrons. The van der Waals surface area contributed by atoms with Crippen molar-refractivity contribution in [3.63, 3.8) is 0 Å². The van der Waals surface area contributed by atoms with Gasteiger partial charge in [0.15, 0.2) is 11.5 Å². The molecule has 0 bridgehead atoms. The van der Waals surface area contributed by atoms with E-state index < -0.39 is 11.2 Å². The van der Waals surface area contributed by atoms with Crippen molar-refractivity contribution < 1.29 is 19.1 Å². The highest BCUT2D eigenvalue weighted by atomic mass is 32.1. The molecular weight excluding hydrogens is 520 g/mol. The van der Waals surface area contributed by atoms with E-state index in [1.165, 1.54) is 15.9 Å². The van der Waals surface area contributed by atoms with E-state index in [0.29, 0.717) is 27.4 Å². The first-order chi connectivity index (χ1) is 18.7. The summed E-state index contributed by atoms with van der Waals surface area (Å²) in [7, 11) is 0. The quantitative estimate of drug-likeness (QED) is 0.349. The van der Waals surface area contributed by atoms with Crippen LogP contribution in [0.4, 0.5) is 5.69 Å². The molecule has 5 rings (SSSR count). The second-order valence-electron chi connectivity index (χ2n) is 9.50. The second kappa shape index (κ2) is 10.8. The lowest BCUT2D eigenvalue weighted by Gasteiger charge is -2.15. The number of hydrogen-bond donors (Lipinski definition) is 2. The van der Waals surface area contributed by atoms with Gasteiger partial charge in [-0.25, -0.2) is 4.79 Å². The Morgan fingerprint density at radius 2 is 1.69 bits per heavy atom. The van der Waals surface area contributed by atoms with E-state index in [-0.39, 0.29) is 44.7 Å². The van der Waals surface area contributed by atoms with E-state index in [0.717, 1.165) is 26.8 Å². The molecular formula is C28H28N4O6S. The van der Waals surface area contributed by atoms with E-state index in [4.69, 9.17) is 9.47 Å². The summed E-state index contributed by atoms with van der Waals surface area (Å²) in [4.78, 5) is 52.0. The molecule has 0 saturated heterocycles. The van der Waals surface area contributed by atoms with Crippen LogP contribution in [0, 0.1) is 20.8 Å². The molecule has 0 saturated carbocycles. The van der Waals surface area contributed by atoms with Gasteiger partial charge in [-0.2, -0.15) is 0 Å². The Morgan fingerprint density at radius 3 is 2.46 bits per heavy atom. The molecule has 1 aliphatic rings. The third-order valence-corrected chi connectivity index (χ3v) is 7.46. The van der Waals surface area contributed by atoms with Crippen LogP contribution in [-0.2, 0) is 29.2 Å². The minimum Gasteiger partial charge on any atom is -0.454 e. The van der Waals surface area contributed by atoms with Crippen LogP contribution < -0.4 is 31.4 Å². The Labute approximate surface area is 227 Å². The van der Waals surface area contributed by atoms with Crippen molar-refractivity contribution in [3.05, 3.63) is 84.9 Å². The number of amides is 2. The molecule has 0 unspecified atom stereocenters. The van der Waals surface area contributed by atoms with E-state index >= 15 is 0 Å². The van der Waals surface area contributed by atoms with Crippen molar-refractivity contribution in [3.8, 4) is 11.5 Å². The van der Waals surface area contributed by atoms with Gasteiger partial charge in [-0.15, -0.1) is 11.3 Å². The fourth-order valence-electron chi connectivity index (χ4n) is 4.74. The zero-order chi connectivity index (χ0) is 27.7. The van der Waals surface area contributed by atoms with Crippen LogP contribution >= 0.6 is 11.3 Å². The summed E-state index contributed by atoms with van der Waals surface area (Å²) in [6.07, 6.45) is -0.0788. The van der Waals surface area contributed by atoms with Gasteiger partial charge in [0, 0.05) is 25.2 Å². The normalized spacial score (nSPS) is 12.1. The minimum absolute atomic E-state index is 0.0788. The number of benzene rings is 2. The third kappa shape index (κ3) is 5.44. The van der Waals surface area contributed by atoms with Gasteiger partial charge in [0.05, 0.1) is 5.52 Å². The number of thiophene rings is 1. The van der Waals surface area contributed by atoms with Gasteiger partial charge in [-0.3, -0.25) is 23.5 Å². The molecule has 10 nitrogen and oxygen atoms in total. The molecule has 2 aromatic heterocycles. The minimum atomic E-state index is -0.637. The molecule has 0 spiro atoms. The summed E-state index contributed by atoms with van der Waals surface area (Å²) in [6, 6.07) is 11.0. The van der Waals surface area contributed by atoms with Gasteiger partial charge in [0.25, 0.3) is 5.56 Å². The van der Waals surface area contributed by atoms with Crippen molar-refractivity contribution in [2.75, 3.05) is 12.1 Å². The summed E-state index contributed by atoms with van der Waals surface area (Å²) in [5.41, 5.74) is 3.75. The average Bonchev–Trinajstić information content (AvgIpc) is 3.57. The maximum atomic E-state index is 13.4. The number of carbonyl (C=O) groups is 2. The Kier molecular flexibility index (Phi) is 7.25. The summed E-state index contributed by atoms with van der Waals surface area (Å²) in [5, 5.41) is 7.41. The first-order valence-corrected chi connectivity index (χ1v) is 13.3. The number of fused-ring (bicyclic) bond motifs is 2. The molecule has 0 atom stereocenters. The predicted octanol–water partition coefficient (Wildman–Crippen LogP) is 3.22. The molecule has 0 aliphatic carbocycles. The molecule has 0 fully saturated rings. The number of rotatable bonds is 8. The lowest BCUT2D eigenvalue weighted by molar-refractivity contribution is -0.121. The zero-order valence-electron chi connectivity index (χ0n) is 21.8. The number of aryl methyl sites for hydroxylation is 3. The number of carbonyl (C=O) groups excluding carboxylic acids is 2. The molecule has 2 N–H and O–H groups in total. The van der Waals surface area contributed by atoms with Gasteiger partial charge in [0.2, 0.25) is 18.6 Å². The molecule has 4 aromatic rings. The fraction of sp³-hybridized carbons (Fsp3) is 0.286. The van der Waals surface area contributed by atoms with Crippen molar-refractivity contribution >= 4 is 39.1 Å². The van der Waals surface area contributed by atoms with Crippen molar-refractivity contribution in [1.29, 1.82) is 0 Å². The van der Waals surface area contributed by atoms with Crippen LogP contribution in [0.1, 0.15) is 28.7 Å². The van der Waals surface area contributed by atoms with E-state index in [1.807, 2.05) is 39.0 Å². The highest BCUT2D eigenvalue weighted by molar-refractivity contribution is 7.17. The van der Waals surface area contributed by atoms with Crippen LogP contribution in [0.3, 0.4) is 0 Å². The van der Waals surface area contributed by atoms with Gasteiger partial charge >= 0.3 is 5.69 Å². The number of ether oxygens (including phenoxy) is 2. The fourth-order valence-corrected chi connectivity index (χ4v) is 5.58. The van der Waals surface area contributed by atoms with Crippen LogP contribution in [0.15, 0.2) is 51.4 Å². The third-order valence-electron chi connectivity index (χ3n) is 6.57. The highest BCUT2D eigenvalue weighted by Crippen LogP contribution is 2.32. The molecule has 2 amide bonds. The number of nitrogens with zero attached hydrogens (tertiary/aromatic N) is 2. The second-order valence-corrected chi connectivity index (χ2v) is 10.4. The van der Waals surface area contributed by atoms with Crippen molar-refractivity contribution in [1.82, 2.24) is 14.5 Å². The summed E-state index contributed by atoms with van der Waals surface area (Å²) in [5.74, 6) is 0.573. The summed E-state index contributed by atoms with van der Waals surface area (Å²) < 4.78 is 13.3. The standard InChI is InChI=1S/C28H28N4O6S/c1-16-10-17(2)25(18(3)11-16)30-24(34)14-32-20-7-9-39-26(20)27(35)31(28(32)36)8-6-23(33)29-13-19-4-5-21-22(12-19)38-15-37-21/h4-5,7,9-12H,6,8,13-15H2,1-3H3,(H,29,33)(H,30,34). The zero-order valence-corrected chi connectivity index (χ0v) is 22.6. The lowest BCUT2D eigenvalue weighted by atomic mass is 10.1. The van der Waals surface area contributed by atoms with Gasteiger partial charge < -0.3 is 20.1 Å². The first kappa shape index (κ1) is 26.2. The lowest BCUT2D eigenvalue weighted by Crippen LogP contribution is -2.42. The topological polar surface area (TPSA) is 121 Å². The number of nitrogens with one attached hydrogen (secondary N) is 2. The van der Waals surface area contributed by atoms with Crippen LogP contribution in [0.5, 0.6) is 11.5 Å². The maximum Gasteiger partial charge on any atom is 0.332 e. The number of hydrogen-bond acceptors (Lipinski definition) is 7. The first-order valence-electron chi connectivity index (χ1n) is 12.4. The maximum absolute atomic E-state index is 13.4. The average molecular weight is 549 g/mol.